The van der Waals surface area contributed by atoms with Crippen LogP contribution in [0.4, 0.5) is 0 Å². The molecule has 4 heteroatoms. The van der Waals surface area contributed by atoms with Crippen LogP contribution in [-0.2, 0) is 0 Å². The number of carbonyl (C=O) groups excluding carboxylic acids is 1. The average molecular weight is 295 g/mol. The number of hydrogen-bond acceptors (Lipinski definition) is 4. The Morgan fingerprint density at radius 1 is 1.05 bits per heavy atom. The molecule has 0 atom stereocenters. The van der Waals surface area contributed by atoms with Gasteiger partial charge >= 0.3 is 0 Å². The van der Waals surface area contributed by atoms with Gasteiger partial charge in [-0.05, 0) is 22.9 Å². The Labute approximate surface area is 123 Å². The van der Waals surface area contributed by atoms with Crippen LogP contribution >= 0.6 is 22.7 Å². The number of hydrogen-bond donors (Lipinski definition) is 0. The van der Waals surface area contributed by atoms with E-state index in [4.69, 9.17) is 0 Å². The minimum atomic E-state index is 0.0581. The highest BCUT2D eigenvalue weighted by atomic mass is 32.1. The highest BCUT2D eigenvalue weighted by molar-refractivity contribution is 7.28. The van der Waals surface area contributed by atoms with E-state index in [0.29, 0.717) is 5.56 Å². The van der Waals surface area contributed by atoms with Crippen molar-refractivity contribution >= 4 is 48.6 Å². The Morgan fingerprint density at radius 2 is 1.95 bits per heavy atom. The highest BCUT2D eigenvalue weighted by Gasteiger charge is 2.16. The van der Waals surface area contributed by atoms with Gasteiger partial charge in [0.25, 0.3) is 0 Å². The summed E-state index contributed by atoms with van der Waals surface area (Å²) in [6.45, 7) is 0. The quantitative estimate of drug-likeness (QED) is 0.500. The highest BCUT2D eigenvalue weighted by Crippen LogP contribution is 2.32. The smallest absolute Gasteiger partial charge is 0.205 e. The number of rotatable bonds is 2. The number of nitrogens with zero attached hydrogens (tertiary/aromatic N) is 1. The molecular weight excluding hydrogens is 286 g/mol. The minimum Gasteiger partial charge on any atom is -0.288 e. The zero-order valence-corrected chi connectivity index (χ0v) is 12.0. The van der Waals surface area contributed by atoms with Crippen LogP contribution in [0.25, 0.3) is 20.2 Å². The summed E-state index contributed by atoms with van der Waals surface area (Å²) >= 11 is 3.22. The molecule has 0 aliphatic rings. The maximum absolute atomic E-state index is 12.7. The fourth-order valence-electron chi connectivity index (χ4n) is 2.31. The van der Waals surface area contributed by atoms with Crippen LogP contribution in [0, 0.1) is 0 Å². The van der Waals surface area contributed by atoms with Gasteiger partial charge in [0, 0.05) is 32.7 Å². The molecule has 4 rings (SSSR count). The van der Waals surface area contributed by atoms with Crippen molar-refractivity contribution in [2.75, 3.05) is 0 Å². The lowest BCUT2D eigenvalue weighted by Gasteiger charge is -2.03. The molecule has 0 radical (unpaired) electrons. The van der Waals surface area contributed by atoms with Crippen molar-refractivity contribution in [3.63, 3.8) is 0 Å². The number of carbonyl (C=O) groups is 1. The van der Waals surface area contributed by atoms with E-state index in [1.54, 1.807) is 35.1 Å². The first kappa shape index (κ1) is 11.8. The third-order valence-electron chi connectivity index (χ3n) is 3.28. The molecule has 0 saturated carbocycles. The third kappa shape index (κ3) is 1.77. The van der Waals surface area contributed by atoms with Crippen LogP contribution in [0.5, 0.6) is 0 Å². The molecule has 0 spiro atoms. The Kier molecular flexibility index (Phi) is 2.65. The van der Waals surface area contributed by atoms with E-state index in [2.05, 4.69) is 16.4 Å². The molecule has 0 saturated heterocycles. The van der Waals surface area contributed by atoms with Gasteiger partial charge in [-0.15, -0.1) is 22.7 Å². The average Bonchev–Trinajstić information content (AvgIpc) is 3.07. The summed E-state index contributed by atoms with van der Waals surface area (Å²) in [5.74, 6) is 0.0581. The van der Waals surface area contributed by atoms with Crippen molar-refractivity contribution in [3.05, 3.63) is 64.6 Å². The van der Waals surface area contributed by atoms with Gasteiger partial charge in [-0.3, -0.25) is 9.78 Å². The molecule has 0 aliphatic carbocycles. The van der Waals surface area contributed by atoms with Gasteiger partial charge in [0.2, 0.25) is 5.78 Å². The van der Waals surface area contributed by atoms with Gasteiger partial charge in [-0.25, -0.2) is 0 Å². The van der Waals surface area contributed by atoms with Crippen LogP contribution in [-0.4, -0.2) is 10.8 Å². The second-order valence-corrected chi connectivity index (χ2v) is 6.53. The van der Waals surface area contributed by atoms with Gasteiger partial charge in [-0.1, -0.05) is 24.3 Å². The van der Waals surface area contributed by atoms with Crippen molar-refractivity contribution in [3.8, 4) is 0 Å². The molecule has 4 aromatic rings. The fourth-order valence-corrected chi connectivity index (χ4v) is 4.37. The fraction of sp³-hybridized carbons (Fsp3) is 0. The van der Waals surface area contributed by atoms with Crippen LogP contribution < -0.4 is 0 Å². The van der Waals surface area contributed by atoms with E-state index in [-0.39, 0.29) is 5.78 Å². The summed E-state index contributed by atoms with van der Waals surface area (Å²) < 4.78 is 2.35. The molecule has 3 aromatic heterocycles. The summed E-state index contributed by atoms with van der Waals surface area (Å²) in [5.41, 5.74) is 0.678. The van der Waals surface area contributed by atoms with E-state index in [1.165, 1.54) is 9.40 Å². The summed E-state index contributed by atoms with van der Waals surface area (Å²) in [4.78, 5) is 17.7. The first-order valence-electron chi connectivity index (χ1n) is 6.17. The zero-order chi connectivity index (χ0) is 13.5. The summed E-state index contributed by atoms with van der Waals surface area (Å²) in [5, 5.41) is 4.01. The van der Waals surface area contributed by atoms with E-state index >= 15 is 0 Å². The standard InChI is InChI=1S/C16H9NOS2/c18-16(15-7-14-13(20-15)5-6-19-14)12-9-17-8-10-3-1-2-4-11(10)12/h1-9H. The molecule has 3 heterocycles. The van der Waals surface area contributed by atoms with Crippen molar-refractivity contribution in [2.24, 2.45) is 0 Å². The lowest BCUT2D eigenvalue weighted by molar-refractivity contribution is 0.104. The van der Waals surface area contributed by atoms with Gasteiger partial charge in [0.1, 0.15) is 0 Å². The van der Waals surface area contributed by atoms with Gasteiger partial charge in [-0.2, -0.15) is 0 Å². The van der Waals surface area contributed by atoms with Crippen molar-refractivity contribution in [2.45, 2.75) is 0 Å². The monoisotopic (exact) mass is 295 g/mol. The second-order valence-electron chi connectivity index (χ2n) is 4.50. The molecule has 20 heavy (non-hydrogen) atoms. The van der Waals surface area contributed by atoms with Gasteiger partial charge in [0.15, 0.2) is 0 Å². The largest absolute Gasteiger partial charge is 0.288 e. The van der Waals surface area contributed by atoms with E-state index in [0.717, 1.165) is 15.6 Å². The van der Waals surface area contributed by atoms with E-state index < -0.39 is 0 Å². The number of ketones is 1. The Balaban J connectivity index is 1.90. The molecule has 0 amide bonds. The molecular formula is C16H9NOS2. The minimum absolute atomic E-state index is 0.0581. The predicted octanol–water partition coefficient (Wildman–Crippen LogP) is 4.74. The lowest BCUT2D eigenvalue weighted by atomic mass is 10.0. The van der Waals surface area contributed by atoms with Crippen LogP contribution in [0.15, 0.2) is 54.2 Å². The number of benzene rings is 1. The topological polar surface area (TPSA) is 30.0 Å². The summed E-state index contributed by atoms with van der Waals surface area (Å²) in [7, 11) is 0. The number of aromatic nitrogens is 1. The molecule has 0 bridgehead atoms. The molecule has 0 fully saturated rings. The number of fused-ring (bicyclic) bond motifs is 2. The van der Waals surface area contributed by atoms with Crippen LogP contribution in [0.3, 0.4) is 0 Å². The molecule has 96 valence electrons. The summed E-state index contributed by atoms with van der Waals surface area (Å²) in [6.07, 6.45) is 3.46. The second kappa shape index (κ2) is 4.51. The van der Waals surface area contributed by atoms with Crippen LogP contribution in [0.2, 0.25) is 0 Å². The first-order chi connectivity index (χ1) is 9.83. The molecule has 0 N–H and O–H groups in total. The molecule has 2 nitrogen and oxygen atoms in total. The molecule has 0 aliphatic heterocycles. The Morgan fingerprint density at radius 3 is 2.85 bits per heavy atom. The molecule has 0 unspecified atom stereocenters. The Bertz CT molecular complexity index is 902. The van der Waals surface area contributed by atoms with E-state index in [1.807, 2.05) is 30.3 Å². The van der Waals surface area contributed by atoms with Crippen LogP contribution in [0.1, 0.15) is 15.2 Å². The van der Waals surface area contributed by atoms with Gasteiger partial charge in [0.05, 0.1) is 4.88 Å². The van der Waals surface area contributed by atoms with Crippen molar-refractivity contribution in [1.29, 1.82) is 0 Å². The molecule has 1 aromatic carbocycles. The normalized spacial score (nSPS) is 11.2. The number of pyridine rings is 1. The van der Waals surface area contributed by atoms with E-state index in [9.17, 15) is 4.79 Å². The SMILES string of the molecule is O=C(c1cc2sccc2s1)c1cncc2ccccc12. The maximum atomic E-state index is 12.7. The Hall–Kier alpha value is -2.04. The number of thiophene rings is 2. The van der Waals surface area contributed by atoms with Crippen molar-refractivity contribution in [1.82, 2.24) is 4.98 Å². The maximum Gasteiger partial charge on any atom is 0.205 e. The summed E-state index contributed by atoms with van der Waals surface area (Å²) in [6, 6.07) is 11.9. The van der Waals surface area contributed by atoms with Crippen molar-refractivity contribution < 1.29 is 4.79 Å². The zero-order valence-electron chi connectivity index (χ0n) is 10.4. The third-order valence-corrected chi connectivity index (χ3v) is 5.37. The first-order valence-corrected chi connectivity index (χ1v) is 7.87. The van der Waals surface area contributed by atoms with Gasteiger partial charge < -0.3 is 0 Å². The lowest BCUT2D eigenvalue weighted by Crippen LogP contribution is -2.00. The predicted molar refractivity (Wildman–Crippen MR) is 84.9 cm³/mol.